The van der Waals surface area contributed by atoms with Crippen LogP contribution in [0.25, 0.3) is 0 Å². The predicted octanol–water partition coefficient (Wildman–Crippen LogP) is 3.15. The number of carbonyl (C=O) groups is 2. The van der Waals surface area contributed by atoms with Gasteiger partial charge in [-0.05, 0) is 57.8 Å². The molecular weight excluding hydrogens is 323 g/mol. The lowest BCUT2D eigenvalue weighted by Crippen LogP contribution is -2.54. The number of amides is 1. The first kappa shape index (κ1) is 17.5. The van der Waals surface area contributed by atoms with Gasteiger partial charge in [-0.1, -0.05) is 0 Å². The Morgan fingerprint density at radius 1 is 1.08 bits per heavy atom. The molecule has 4 nitrogen and oxygen atoms in total. The summed E-state index contributed by atoms with van der Waals surface area (Å²) >= 11 is 0. The van der Waals surface area contributed by atoms with Crippen LogP contribution in [0.1, 0.15) is 46.5 Å². The standard InChI is InChI=1S/C17H24F3NO3/c1-16(2,3)15(23)24-14-11-5-9-4-10(6-11)13(14)21(8-9)12(22)7-17(18,19)20/h9-11,13-14H,4-8H2,1-3H3/t9?,10?,11?,13?,14-/m0/s1. The molecule has 0 spiro atoms. The van der Waals surface area contributed by atoms with Crippen molar-refractivity contribution >= 4 is 11.9 Å². The molecule has 3 fully saturated rings. The van der Waals surface area contributed by atoms with Crippen LogP contribution in [0.15, 0.2) is 0 Å². The molecule has 1 heterocycles. The van der Waals surface area contributed by atoms with Crippen molar-refractivity contribution < 1.29 is 27.5 Å². The summed E-state index contributed by atoms with van der Waals surface area (Å²) < 4.78 is 43.6. The molecule has 136 valence electrons. The van der Waals surface area contributed by atoms with Crippen LogP contribution in [0.4, 0.5) is 13.2 Å². The molecule has 0 aromatic carbocycles. The first-order valence-electron chi connectivity index (χ1n) is 8.53. The number of rotatable bonds is 2. The number of hydrogen-bond donors (Lipinski definition) is 0. The second-order valence-corrected chi connectivity index (χ2v) is 8.54. The van der Waals surface area contributed by atoms with Gasteiger partial charge in [0.25, 0.3) is 0 Å². The van der Waals surface area contributed by atoms with Gasteiger partial charge in [0.2, 0.25) is 5.91 Å². The highest BCUT2D eigenvalue weighted by molar-refractivity contribution is 5.78. The Morgan fingerprint density at radius 2 is 1.71 bits per heavy atom. The lowest BCUT2D eigenvalue weighted by atomic mass is 9.78. The van der Waals surface area contributed by atoms with Crippen LogP contribution < -0.4 is 0 Å². The van der Waals surface area contributed by atoms with Gasteiger partial charge in [0, 0.05) is 6.54 Å². The van der Waals surface area contributed by atoms with Crippen molar-refractivity contribution in [2.75, 3.05) is 6.54 Å². The fourth-order valence-electron chi connectivity index (χ4n) is 4.62. The number of hydrogen-bond acceptors (Lipinski definition) is 3. The highest BCUT2D eigenvalue weighted by Crippen LogP contribution is 2.52. The summed E-state index contributed by atoms with van der Waals surface area (Å²) in [5.41, 5.74) is -0.671. The first-order valence-corrected chi connectivity index (χ1v) is 8.53. The SMILES string of the molecule is CC(C)(C)C(=O)O[C@H]1C2CC3CC(C2)C1N(C(=O)CC(F)(F)F)C3. The van der Waals surface area contributed by atoms with E-state index in [-0.39, 0.29) is 23.7 Å². The Balaban J connectivity index is 1.81. The maximum Gasteiger partial charge on any atom is 0.397 e. The molecule has 0 radical (unpaired) electrons. The maximum atomic E-state index is 12.6. The number of ether oxygens (including phenoxy) is 1. The summed E-state index contributed by atoms with van der Waals surface area (Å²) in [6, 6.07) is -0.394. The molecule has 5 atom stereocenters. The van der Waals surface area contributed by atoms with Gasteiger partial charge in [0.15, 0.2) is 0 Å². The molecule has 4 unspecified atom stereocenters. The molecule has 1 saturated heterocycles. The minimum absolute atomic E-state index is 0.150. The molecular formula is C17H24F3NO3. The van der Waals surface area contributed by atoms with Crippen molar-refractivity contribution in [3.63, 3.8) is 0 Å². The molecule has 2 aliphatic carbocycles. The van der Waals surface area contributed by atoms with E-state index in [0.29, 0.717) is 6.54 Å². The van der Waals surface area contributed by atoms with Crippen LogP contribution in [0.3, 0.4) is 0 Å². The van der Waals surface area contributed by atoms with Gasteiger partial charge in [-0.3, -0.25) is 9.59 Å². The molecule has 1 amide bonds. The lowest BCUT2D eigenvalue weighted by molar-refractivity contribution is -0.173. The van der Waals surface area contributed by atoms with Crippen LogP contribution in [0, 0.1) is 23.2 Å². The van der Waals surface area contributed by atoms with Gasteiger partial charge in [0.1, 0.15) is 12.5 Å². The van der Waals surface area contributed by atoms with E-state index in [0.717, 1.165) is 19.3 Å². The van der Waals surface area contributed by atoms with Gasteiger partial charge in [-0.25, -0.2) is 0 Å². The third kappa shape index (κ3) is 3.26. The largest absolute Gasteiger partial charge is 0.459 e. The van der Waals surface area contributed by atoms with Crippen molar-refractivity contribution in [2.24, 2.45) is 23.2 Å². The number of likely N-dealkylation sites (tertiary alicyclic amines) is 1. The quantitative estimate of drug-likeness (QED) is 0.721. The van der Waals surface area contributed by atoms with Gasteiger partial charge in [-0.15, -0.1) is 0 Å². The van der Waals surface area contributed by atoms with E-state index in [1.807, 2.05) is 0 Å². The Hall–Kier alpha value is -1.27. The molecule has 3 bridgehead atoms. The smallest absolute Gasteiger partial charge is 0.397 e. The Bertz CT molecular complexity index is 540. The lowest BCUT2D eigenvalue weighted by Gasteiger charge is -2.42. The molecule has 0 N–H and O–H groups in total. The van der Waals surface area contributed by atoms with Crippen LogP contribution in [0.5, 0.6) is 0 Å². The minimum Gasteiger partial charge on any atom is -0.459 e. The Labute approximate surface area is 139 Å². The fraction of sp³-hybridized carbons (Fsp3) is 0.882. The fourth-order valence-corrected chi connectivity index (χ4v) is 4.62. The van der Waals surface area contributed by atoms with Crippen molar-refractivity contribution in [3.8, 4) is 0 Å². The minimum atomic E-state index is -4.51. The predicted molar refractivity (Wildman–Crippen MR) is 79.8 cm³/mol. The molecule has 2 saturated carbocycles. The van der Waals surface area contributed by atoms with E-state index in [2.05, 4.69) is 0 Å². The number of esters is 1. The molecule has 7 heteroatoms. The summed E-state index contributed by atoms with van der Waals surface area (Å²) in [5.74, 6) is -0.708. The first-order chi connectivity index (χ1) is 11.0. The van der Waals surface area contributed by atoms with Gasteiger partial charge in [0.05, 0.1) is 11.5 Å². The average molecular weight is 347 g/mol. The topological polar surface area (TPSA) is 46.6 Å². The second kappa shape index (κ2) is 5.63. The van der Waals surface area contributed by atoms with E-state index in [9.17, 15) is 22.8 Å². The van der Waals surface area contributed by atoms with Crippen molar-refractivity contribution in [2.45, 2.75) is 64.8 Å². The molecule has 1 aliphatic heterocycles. The third-order valence-corrected chi connectivity index (χ3v) is 5.50. The van der Waals surface area contributed by atoms with Crippen LogP contribution in [-0.2, 0) is 14.3 Å². The monoisotopic (exact) mass is 347 g/mol. The van der Waals surface area contributed by atoms with Crippen LogP contribution >= 0.6 is 0 Å². The van der Waals surface area contributed by atoms with E-state index < -0.39 is 36.1 Å². The Kier molecular flexibility index (Phi) is 4.12. The third-order valence-electron chi connectivity index (χ3n) is 5.50. The zero-order chi connectivity index (χ0) is 17.9. The second-order valence-electron chi connectivity index (χ2n) is 8.54. The van der Waals surface area contributed by atoms with E-state index in [1.54, 1.807) is 20.8 Å². The summed E-state index contributed by atoms with van der Waals surface area (Å²) in [6.45, 7) is 5.61. The van der Waals surface area contributed by atoms with E-state index in [4.69, 9.17) is 4.74 Å². The van der Waals surface area contributed by atoms with Gasteiger partial charge in [-0.2, -0.15) is 13.2 Å². The van der Waals surface area contributed by atoms with Crippen LogP contribution in [0.2, 0.25) is 0 Å². The highest BCUT2D eigenvalue weighted by atomic mass is 19.4. The number of halogens is 3. The number of piperidine rings is 1. The summed E-state index contributed by atoms with van der Waals surface area (Å²) in [7, 11) is 0. The molecule has 3 rings (SSSR count). The number of fused-ring (bicyclic) bond motifs is 2. The molecule has 0 aromatic rings. The summed E-state index contributed by atoms with van der Waals surface area (Å²) in [5, 5.41) is 0. The number of nitrogens with zero attached hydrogens (tertiary/aromatic N) is 1. The van der Waals surface area contributed by atoms with Crippen molar-refractivity contribution in [1.82, 2.24) is 4.90 Å². The van der Waals surface area contributed by atoms with Crippen LogP contribution in [-0.4, -0.2) is 41.6 Å². The molecule has 24 heavy (non-hydrogen) atoms. The zero-order valence-electron chi connectivity index (χ0n) is 14.2. The highest BCUT2D eigenvalue weighted by Gasteiger charge is 2.57. The van der Waals surface area contributed by atoms with Gasteiger partial charge < -0.3 is 9.64 Å². The maximum absolute atomic E-state index is 12.6. The number of alkyl halides is 3. The zero-order valence-corrected chi connectivity index (χ0v) is 14.2. The van der Waals surface area contributed by atoms with Crippen molar-refractivity contribution in [3.05, 3.63) is 0 Å². The summed E-state index contributed by atoms with van der Waals surface area (Å²) in [4.78, 5) is 25.9. The summed E-state index contributed by atoms with van der Waals surface area (Å²) in [6.07, 6.45) is -3.84. The normalized spacial score (nSPS) is 35.2. The van der Waals surface area contributed by atoms with E-state index >= 15 is 0 Å². The number of carbonyl (C=O) groups excluding carboxylic acids is 2. The average Bonchev–Trinajstić information content (AvgIpc) is 2.57. The van der Waals surface area contributed by atoms with Crippen molar-refractivity contribution in [1.29, 1.82) is 0 Å². The van der Waals surface area contributed by atoms with Gasteiger partial charge >= 0.3 is 12.1 Å². The molecule has 3 aliphatic rings. The molecule has 0 aromatic heterocycles. The van der Waals surface area contributed by atoms with E-state index in [1.165, 1.54) is 4.90 Å². The Morgan fingerprint density at radius 3 is 2.29 bits per heavy atom.